The third-order valence-electron chi connectivity index (χ3n) is 5.34. The molecule has 0 unspecified atom stereocenters. The van der Waals surface area contributed by atoms with Gasteiger partial charge in [0.2, 0.25) is 5.91 Å². The van der Waals surface area contributed by atoms with E-state index in [0.717, 1.165) is 36.9 Å². The first-order valence-electron chi connectivity index (χ1n) is 10.6. The van der Waals surface area contributed by atoms with Crippen molar-refractivity contribution in [2.75, 3.05) is 12.4 Å². The van der Waals surface area contributed by atoms with Gasteiger partial charge in [0.25, 0.3) is 0 Å². The van der Waals surface area contributed by atoms with Gasteiger partial charge in [0.1, 0.15) is 6.10 Å². The number of anilines is 1. The highest BCUT2D eigenvalue weighted by Crippen LogP contribution is 2.34. The fourth-order valence-corrected chi connectivity index (χ4v) is 3.91. The molecule has 3 rings (SSSR count). The maximum atomic E-state index is 12.6. The largest absolute Gasteiger partial charge is 0.493 e. The van der Waals surface area contributed by atoms with Gasteiger partial charge in [-0.2, -0.15) is 0 Å². The Kier molecular flexibility index (Phi) is 7.81. The number of rotatable bonds is 7. The molecule has 0 aliphatic heterocycles. The topological polar surface area (TPSA) is 104 Å². The van der Waals surface area contributed by atoms with Gasteiger partial charge < -0.3 is 19.5 Å². The molecule has 0 radical (unpaired) electrons. The SMILES string of the molecule is COc1cc(CC(=O)Nc2ccnc(C3CCC(OC(C)=O)CC3)c2)ccc1OC(C)=O. The summed E-state index contributed by atoms with van der Waals surface area (Å²) in [4.78, 5) is 39.4. The van der Waals surface area contributed by atoms with Crippen LogP contribution in [-0.2, 0) is 25.5 Å². The minimum atomic E-state index is -0.442. The van der Waals surface area contributed by atoms with Gasteiger partial charge in [-0.1, -0.05) is 6.07 Å². The Morgan fingerprint density at radius 1 is 1.00 bits per heavy atom. The predicted molar refractivity (Wildman–Crippen MR) is 118 cm³/mol. The number of carbonyl (C=O) groups excluding carboxylic acids is 3. The molecule has 8 nitrogen and oxygen atoms in total. The van der Waals surface area contributed by atoms with Crippen molar-refractivity contribution in [1.29, 1.82) is 0 Å². The van der Waals surface area contributed by atoms with Crippen molar-refractivity contribution < 1.29 is 28.6 Å². The third kappa shape index (κ3) is 6.54. The van der Waals surface area contributed by atoms with Crippen LogP contribution in [0.4, 0.5) is 5.69 Å². The lowest BCUT2D eigenvalue weighted by Gasteiger charge is -2.27. The van der Waals surface area contributed by atoms with Gasteiger partial charge in [-0.3, -0.25) is 19.4 Å². The normalized spacial score (nSPS) is 17.8. The molecule has 32 heavy (non-hydrogen) atoms. The fraction of sp³-hybridized carbons (Fsp3) is 0.417. The number of esters is 2. The Labute approximate surface area is 187 Å². The molecule has 1 aromatic heterocycles. The Bertz CT molecular complexity index is 982. The standard InChI is InChI=1S/C24H28N2O6/c1-15(27)31-20-7-5-18(6-8-20)21-14-19(10-11-25-21)26-24(29)13-17-4-9-22(32-16(2)28)23(12-17)30-3/h4,9-12,14,18,20H,5-8,13H2,1-3H3,(H,25,26,29). The highest BCUT2D eigenvalue weighted by atomic mass is 16.6. The van der Waals surface area contributed by atoms with Gasteiger partial charge in [0.05, 0.1) is 13.5 Å². The van der Waals surface area contributed by atoms with Gasteiger partial charge in [-0.25, -0.2) is 0 Å². The molecule has 1 heterocycles. The van der Waals surface area contributed by atoms with Gasteiger partial charge >= 0.3 is 11.9 Å². The van der Waals surface area contributed by atoms with E-state index in [-0.39, 0.29) is 30.3 Å². The molecule has 170 valence electrons. The molecule has 0 atom stereocenters. The second kappa shape index (κ2) is 10.7. The van der Waals surface area contributed by atoms with Crippen molar-refractivity contribution in [2.45, 2.75) is 58.0 Å². The number of hydrogen-bond donors (Lipinski definition) is 1. The number of nitrogens with zero attached hydrogens (tertiary/aromatic N) is 1. The zero-order chi connectivity index (χ0) is 23.1. The summed E-state index contributed by atoms with van der Waals surface area (Å²) in [5, 5.41) is 2.91. The van der Waals surface area contributed by atoms with Crippen molar-refractivity contribution in [1.82, 2.24) is 4.98 Å². The van der Waals surface area contributed by atoms with Crippen molar-refractivity contribution in [3.63, 3.8) is 0 Å². The number of aromatic nitrogens is 1. The molecule has 0 saturated heterocycles. The van der Waals surface area contributed by atoms with E-state index < -0.39 is 5.97 Å². The highest BCUT2D eigenvalue weighted by Gasteiger charge is 2.25. The number of pyridine rings is 1. The van der Waals surface area contributed by atoms with E-state index in [2.05, 4.69) is 10.3 Å². The monoisotopic (exact) mass is 440 g/mol. The van der Waals surface area contributed by atoms with Crippen LogP contribution < -0.4 is 14.8 Å². The summed E-state index contributed by atoms with van der Waals surface area (Å²) in [6.45, 7) is 2.75. The quantitative estimate of drug-likeness (QED) is 0.516. The smallest absolute Gasteiger partial charge is 0.308 e. The molecule has 1 aliphatic carbocycles. The van der Waals surface area contributed by atoms with E-state index in [1.54, 1.807) is 30.5 Å². The number of amides is 1. The predicted octanol–water partition coefficient (Wildman–Crippen LogP) is 3.79. The number of ether oxygens (including phenoxy) is 3. The van der Waals surface area contributed by atoms with Crippen LogP contribution in [0, 0.1) is 0 Å². The molecule has 0 bridgehead atoms. The Balaban J connectivity index is 1.59. The number of nitrogens with one attached hydrogen (secondary N) is 1. The van der Waals surface area contributed by atoms with Gasteiger partial charge in [0, 0.05) is 37.3 Å². The molecule has 1 saturated carbocycles. The van der Waals surface area contributed by atoms with Crippen LogP contribution in [0.15, 0.2) is 36.5 Å². The van der Waals surface area contributed by atoms with Crippen LogP contribution >= 0.6 is 0 Å². The second-order valence-corrected chi connectivity index (χ2v) is 7.86. The zero-order valence-corrected chi connectivity index (χ0v) is 18.6. The molecule has 1 N–H and O–H groups in total. The summed E-state index contributed by atoms with van der Waals surface area (Å²) >= 11 is 0. The van der Waals surface area contributed by atoms with Gasteiger partial charge in [-0.05, 0) is 55.5 Å². The van der Waals surface area contributed by atoms with Crippen LogP contribution in [0.2, 0.25) is 0 Å². The maximum Gasteiger partial charge on any atom is 0.308 e. The van der Waals surface area contributed by atoms with Crippen LogP contribution in [0.1, 0.15) is 56.7 Å². The molecular weight excluding hydrogens is 412 g/mol. The first kappa shape index (κ1) is 23.2. The first-order chi connectivity index (χ1) is 15.3. The summed E-state index contributed by atoms with van der Waals surface area (Å²) < 4.78 is 15.6. The average Bonchev–Trinajstić information content (AvgIpc) is 2.74. The van der Waals surface area contributed by atoms with Gasteiger partial charge in [-0.15, -0.1) is 0 Å². The van der Waals surface area contributed by atoms with E-state index in [0.29, 0.717) is 17.2 Å². The van der Waals surface area contributed by atoms with Crippen molar-refractivity contribution in [3.05, 3.63) is 47.8 Å². The lowest BCUT2D eigenvalue weighted by molar-refractivity contribution is -0.147. The fourth-order valence-electron chi connectivity index (χ4n) is 3.91. The number of carbonyl (C=O) groups is 3. The molecular formula is C24H28N2O6. The number of benzene rings is 1. The molecule has 0 spiro atoms. The summed E-state index contributed by atoms with van der Waals surface area (Å²) in [6.07, 6.45) is 5.22. The third-order valence-corrected chi connectivity index (χ3v) is 5.34. The molecule has 1 amide bonds. The Hall–Kier alpha value is -3.42. The lowest BCUT2D eigenvalue weighted by Crippen LogP contribution is -2.23. The van der Waals surface area contributed by atoms with E-state index in [1.165, 1.54) is 21.0 Å². The van der Waals surface area contributed by atoms with Crippen molar-refractivity contribution in [2.24, 2.45) is 0 Å². The van der Waals surface area contributed by atoms with Crippen molar-refractivity contribution >= 4 is 23.5 Å². The lowest BCUT2D eigenvalue weighted by atomic mass is 9.85. The van der Waals surface area contributed by atoms with E-state index in [1.807, 2.05) is 6.07 Å². The number of hydrogen-bond acceptors (Lipinski definition) is 7. The minimum Gasteiger partial charge on any atom is -0.493 e. The highest BCUT2D eigenvalue weighted by molar-refractivity contribution is 5.92. The molecule has 1 fully saturated rings. The van der Waals surface area contributed by atoms with Crippen molar-refractivity contribution in [3.8, 4) is 11.5 Å². The van der Waals surface area contributed by atoms with Crippen LogP contribution in [-0.4, -0.2) is 36.0 Å². The van der Waals surface area contributed by atoms with Crippen LogP contribution in [0.25, 0.3) is 0 Å². The summed E-state index contributed by atoms with van der Waals surface area (Å²) in [6, 6.07) is 8.67. The van der Waals surface area contributed by atoms with Crippen LogP contribution in [0.3, 0.4) is 0 Å². The average molecular weight is 440 g/mol. The Morgan fingerprint density at radius 2 is 1.75 bits per heavy atom. The van der Waals surface area contributed by atoms with E-state index in [9.17, 15) is 14.4 Å². The molecule has 1 aliphatic rings. The summed E-state index contributed by atoms with van der Waals surface area (Å²) in [7, 11) is 1.48. The molecule has 2 aromatic rings. The first-order valence-corrected chi connectivity index (χ1v) is 10.6. The van der Waals surface area contributed by atoms with Crippen LogP contribution in [0.5, 0.6) is 11.5 Å². The molecule has 8 heteroatoms. The van der Waals surface area contributed by atoms with E-state index >= 15 is 0 Å². The number of methoxy groups -OCH3 is 1. The molecule has 1 aromatic carbocycles. The Morgan fingerprint density at radius 3 is 2.41 bits per heavy atom. The maximum absolute atomic E-state index is 12.6. The summed E-state index contributed by atoms with van der Waals surface area (Å²) in [5.41, 5.74) is 2.34. The van der Waals surface area contributed by atoms with E-state index in [4.69, 9.17) is 14.2 Å². The minimum absolute atomic E-state index is 0.0177. The van der Waals surface area contributed by atoms with Gasteiger partial charge in [0.15, 0.2) is 11.5 Å². The zero-order valence-electron chi connectivity index (χ0n) is 18.6. The summed E-state index contributed by atoms with van der Waals surface area (Å²) in [5.74, 6) is 0.115. The second-order valence-electron chi connectivity index (χ2n) is 7.86.